The minimum absolute atomic E-state index is 1.06. The van der Waals surface area contributed by atoms with Crippen LogP contribution in [-0.4, -0.2) is 4.98 Å². The summed E-state index contributed by atoms with van der Waals surface area (Å²) in [6.07, 6.45) is 0. The van der Waals surface area contributed by atoms with Crippen molar-refractivity contribution in [2.24, 2.45) is 0 Å². The van der Waals surface area contributed by atoms with Crippen LogP contribution in [0.3, 0.4) is 0 Å². The summed E-state index contributed by atoms with van der Waals surface area (Å²) in [6.45, 7) is 0. The molecule has 0 unspecified atom stereocenters. The van der Waals surface area contributed by atoms with Gasteiger partial charge >= 0.3 is 0 Å². The van der Waals surface area contributed by atoms with Crippen molar-refractivity contribution in [1.29, 1.82) is 0 Å². The van der Waals surface area contributed by atoms with Crippen LogP contribution < -0.4 is 4.90 Å². The summed E-state index contributed by atoms with van der Waals surface area (Å²) in [7, 11) is 0. The largest absolute Gasteiger partial charge is 0.310 e. The molecule has 3 heteroatoms. The Morgan fingerprint density at radius 2 is 0.957 bits per heavy atom. The van der Waals surface area contributed by atoms with Crippen LogP contribution in [-0.2, 0) is 0 Å². The van der Waals surface area contributed by atoms with Crippen LogP contribution in [0.5, 0.6) is 0 Å². The van der Waals surface area contributed by atoms with E-state index in [1.54, 1.807) is 11.3 Å². The first kappa shape index (κ1) is 26.6. The molecule has 1 heterocycles. The Labute approximate surface area is 272 Å². The van der Waals surface area contributed by atoms with Gasteiger partial charge in [0, 0.05) is 33.8 Å². The van der Waals surface area contributed by atoms with Gasteiger partial charge in [0.1, 0.15) is 5.01 Å². The standard InChI is InChI=1S/C43H28N2S/c1-4-13-29(14-5-1)32-19-10-22-35(25-32)45(36-23-11-20-33(26-36)30-15-6-2-7-16-30)37-27-34-21-12-24-38-40(34)39(28-37)42-41(38)44-43(46-42)31-17-8-3-9-18-31/h1-28H. The highest BCUT2D eigenvalue weighted by molar-refractivity contribution is 7.19. The van der Waals surface area contributed by atoms with E-state index in [0.717, 1.165) is 33.3 Å². The molecule has 0 atom stereocenters. The summed E-state index contributed by atoms with van der Waals surface area (Å²) in [6, 6.07) is 60.8. The Balaban J connectivity index is 1.25. The smallest absolute Gasteiger partial charge is 0.124 e. The van der Waals surface area contributed by atoms with Crippen LogP contribution in [0.25, 0.3) is 65.3 Å². The quantitative estimate of drug-likeness (QED) is 0.188. The van der Waals surface area contributed by atoms with Crippen LogP contribution in [0, 0.1) is 0 Å². The van der Waals surface area contributed by atoms with Crippen LogP contribution in [0.1, 0.15) is 0 Å². The van der Waals surface area contributed by atoms with Crippen LogP contribution in [0.2, 0.25) is 0 Å². The van der Waals surface area contributed by atoms with Crippen molar-refractivity contribution >= 4 is 39.2 Å². The number of hydrogen-bond acceptors (Lipinski definition) is 3. The van der Waals surface area contributed by atoms with Crippen molar-refractivity contribution in [3.63, 3.8) is 0 Å². The number of fused-ring (bicyclic) bond motifs is 3. The SMILES string of the molecule is c1ccc(-c2cccc(N(c3cccc(-c4ccccc4)c3)c3cc4c5c(cccc5c3)-c3nc(-c5ccccc5)sc3-4)c2)cc1. The number of nitrogens with zero attached hydrogens (tertiary/aromatic N) is 2. The summed E-state index contributed by atoms with van der Waals surface area (Å²) < 4.78 is 0. The fraction of sp³-hybridized carbons (Fsp3) is 0. The van der Waals surface area contributed by atoms with Crippen molar-refractivity contribution in [1.82, 2.24) is 4.98 Å². The van der Waals surface area contributed by atoms with Crippen molar-refractivity contribution < 1.29 is 0 Å². The first-order valence-electron chi connectivity index (χ1n) is 15.5. The number of thiazole rings is 1. The lowest BCUT2D eigenvalue weighted by Crippen LogP contribution is -2.10. The first-order chi connectivity index (χ1) is 22.8. The molecular weight excluding hydrogens is 577 g/mol. The average Bonchev–Trinajstić information content (AvgIpc) is 3.70. The lowest BCUT2D eigenvalue weighted by Gasteiger charge is -2.27. The number of anilines is 3. The molecule has 0 bridgehead atoms. The van der Waals surface area contributed by atoms with Gasteiger partial charge in [0.05, 0.1) is 10.6 Å². The maximum atomic E-state index is 5.19. The van der Waals surface area contributed by atoms with E-state index in [2.05, 4.69) is 175 Å². The molecule has 0 amide bonds. The summed E-state index contributed by atoms with van der Waals surface area (Å²) in [5, 5.41) is 3.57. The molecule has 0 saturated carbocycles. The van der Waals surface area contributed by atoms with Gasteiger partial charge in [0.15, 0.2) is 0 Å². The van der Waals surface area contributed by atoms with E-state index in [9.17, 15) is 0 Å². The summed E-state index contributed by atoms with van der Waals surface area (Å²) in [5.41, 5.74) is 12.8. The van der Waals surface area contributed by atoms with Crippen molar-refractivity contribution in [3.05, 3.63) is 170 Å². The molecule has 2 nitrogen and oxygen atoms in total. The topological polar surface area (TPSA) is 16.1 Å². The molecule has 0 radical (unpaired) electrons. The lowest BCUT2D eigenvalue weighted by atomic mass is 10.0. The summed E-state index contributed by atoms with van der Waals surface area (Å²) >= 11 is 1.79. The molecule has 1 aliphatic carbocycles. The third-order valence-corrected chi connectivity index (χ3v) is 9.93. The maximum absolute atomic E-state index is 5.19. The second-order valence-electron chi connectivity index (χ2n) is 11.6. The summed E-state index contributed by atoms with van der Waals surface area (Å²) in [5.74, 6) is 0. The van der Waals surface area contributed by atoms with E-state index in [1.807, 2.05) is 0 Å². The zero-order chi connectivity index (χ0) is 30.5. The van der Waals surface area contributed by atoms with Gasteiger partial charge in [-0.1, -0.05) is 133 Å². The predicted octanol–water partition coefficient (Wildman–Crippen LogP) is 12.4. The van der Waals surface area contributed by atoms with Crippen LogP contribution in [0.4, 0.5) is 17.1 Å². The third kappa shape index (κ3) is 4.52. The molecule has 8 aromatic rings. The number of benzene rings is 7. The molecule has 0 N–H and O–H groups in total. The van der Waals surface area contributed by atoms with Gasteiger partial charge in [-0.05, 0) is 69.4 Å². The van der Waals surface area contributed by atoms with E-state index in [1.165, 1.54) is 49.0 Å². The average molecular weight is 605 g/mol. The molecule has 0 spiro atoms. The monoisotopic (exact) mass is 604 g/mol. The molecule has 216 valence electrons. The third-order valence-electron chi connectivity index (χ3n) is 8.79. The van der Waals surface area contributed by atoms with Gasteiger partial charge in [0.25, 0.3) is 0 Å². The molecule has 0 saturated heterocycles. The number of hydrogen-bond donors (Lipinski definition) is 0. The minimum atomic E-state index is 1.06. The highest BCUT2D eigenvalue weighted by atomic mass is 32.1. The van der Waals surface area contributed by atoms with Crippen molar-refractivity contribution in [2.45, 2.75) is 0 Å². The van der Waals surface area contributed by atoms with Crippen molar-refractivity contribution in [3.8, 4) is 54.5 Å². The molecule has 0 aliphatic heterocycles. The number of rotatable bonds is 6. The number of aromatic nitrogens is 1. The first-order valence-corrected chi connectivity index (χ1v) is 16.4. The molecule has 1 aromatic heterocycles. The maximum Gasteiger partial charge on any atom is 0.124 e. The zero-order valence-electron chi connectivity index (χ0n) is 25.0. The molecular formula is C43H28N2S. The van der Waals surface area contributed by atoms with E-state index >= 15 is 0 Å². The van der Waals surface area contributed by atoms with Crippen LogP contribution in [0.15, 0.2) is 170 Å². The Morgan fingerprint density at radius 3 is 1.57 bits per heavy atom. The van der Waals surface area contributed by atoms with E-state index in [-0.39, 0.29) is 0 Å². The van der Waals surface area contributed by atoms with Gasteiger partial charge < -0.3 is 4.90 Å². The van der Waals surface area contributed by atoms with Gasteiger partial charge in [-0.15, -0.1) is 11.3 Å². The van der Waals surface area contributed by atoms with E-state index in [0.29, 0.717) is 0 Å². The zero-order valence-corrected chi connectivity index (χ0v) is 25.8. The molecule has 46 heavy (non-hydrogen) atoms. The van der Waals surface area contributed by atoms with E-state index in [4.69, 9.17) is 4.98 Å². The lowest BCUT2D eigenvalue weighted by molar-refractivity contribution is 1.29. The highest BCUT2D eigenvalue weighted by Gasteiger charge is 2.28. The fourth-order valence-corrected chi connectivity index (χ4v) is 7.77. The van der Waals surface area contributed by atoms with E-state index < -0.39 is 0 Å². The Morgan fingerprint density at radius 1 is 0.413 bits per heavy atom. The predicted molar refractivity (Wildman–Crippen MR) is 195 cm³/mol. The molecule has 1 aliphatic rings. The Bertz CT molecular complexity index is 2280. The van der Waals surface area contributed by atoms with Gasteiger partial charge in [-0.25, -0.2) is 4.98 Å². The highest BCUT2D eigenvalue weighted by Crippen LogP contribution is 2.53. The second kappa shape index (κ2) is 11.0. The Kier molecular flexibility index (Phi) is 6.36. The fourth-order valence-electron chi connectivity index (χ4n) is 6.66. The normalized spacial score (nSPS) is 11.5. The molecule has 7 aromatic carbocycles. The summed E-state index contributed by atoms with van der Waals surface area (Å²) in [4.78, 5) is 8.83. The van der Waals surface area contributed by atoms with Crippen LogP contribution >= 0.6 is 11.3 Å². The van der Waals surface area contributed by atoms with Gasteiger partial charge in [0.2, 0.25) is 0 Å². The van der Waals surface area contributed by atoms with Crippen molar-refractivity contribution in [2.75, 3.05) is 4.90 Å². The van der Waals surface area contributed by atoms with Gasteiger partial charge in [-0.3, -0.25) is 0 Å². The molecule has 0 fully saturated rings. The minimum Gasteiger partial charge on any atom is -0.310 e. The second-order valence-corrected chi connectivity index (χ2v) is 12.6. The molecule has 9 rings (SSSR count). The van der Waals surface area contributed by atoms with Gasteiger partial charge in [-0.2, -0.15) is 0 Å². The Hall–Kier alpha value is -5.77.